The molecule has 0 aromatic carbocycles. The summed E-state index contributed by atoms with van der Waals surface area (Å²) in [4.78, 5) is 2.89. The highest BCUT2D eigenvalue weighted by Crippen LogP contribution is 2.23. The molecule has 1 saturated heterocycles. The van der Waals surface area contributed by atoms with Crippen LogP contribution in [0.4, 0.5) is 22.0 Å². The van der Waals surface area contributed by atoms with Gasteiger partial charge in [-0.2, -0.15) is 0 Å². The Balaban J connectivity index is 2.64. The molecule has 2 nitrogen and oxygen atoms in total. The quantitative estimate of drug-likeness (QED) is 0.683. The molecule has 1 aliphatic rings. The Kier molecular flexibility index (Phi) is 4.91. The van der Waals surface area contributed by atoms with Crippen LogP contribution in [0, 0.1) is 0 Å². The van der Waals surface area contributed by atoms with E-state index in [1.54, 1.807) is 4.90 Å². The van der Waals surface area contributed by atoms with Crippen LogP contribution in [0.15, 0.2) is 0 Å². The predicted octanol–water partition coefficient (Wildman–Crippen LogP) is 1.82. The van der Waals surface area contributed by atoms with Gasteiger partial charge in [-0.1, -0.05) is 6.92 Å². The van der Waals surface area contributed by atoms with Crippen LogP contribution in [0.25, 0.3) is 0 Å². The van der Waals surface area contributed by atoms with E-state index in [1.165, 1.54) is 0 Å². The first-order valence-electron chi connectivity index (χ1n) is 5.14. The minimum absolute atomic E-state index is 0.124. The number of nitrogens with zero attached hydrogens (tertiary/aromatic N) is 2. The lowest BCUT2D eigenvalue weighted by molar-refractivity contribution is -0.0662. The highest BCUT2D eigenvalue weighted by atomic mass is 19.3. The number of hydrogen-bond acceptors (Lipinski definition) is 2. The van der Waals surface area contributed by atoms with Crippen LogP contribution in [0.5, 0.6) is 0 Å². The predicted molar refractivity (Wildman–Crippen MR) is 49.5 cm³/mol. The summed E-state index contributed by atoms with van der Waals surface area (Å²) >= 11 is 0. The second kappa shape index (κ2) is 5.77. The summed E-state index contributed by atoms with van der Waals surface area (Å²) in [5.74, 6) is 0. The van der Waals surface area contributed by atoms with Crippen molar-refractivity contribution in [3.05, 3.63) is 0 Å². The van der Waals surface area contributed by atoms with Crippen molar-refractivity contribution in [2.45, 2.75) is 32.0 Å². The molecule has 1 fully saturated rings. The zero-order chi connectivity index (χ0) is 12.3. The zero-order valence-corrected chi connectivity index (χ0v) is 8.92. The third-order valence-electron chi connectivity index (χ3n) is 2.78. The van der Waals surface area contributed by atoms with Gasteiger partial charge in [-0.05, 0) is 6.54 Å². The van der Waals surface area contributed by atoms with Crippen molar-refractivity contribution in [1.82, 2.24) is 9.80 Å². The molecule has 0 spiro atoms. The third kappa shape index (κ3) is 3.04. The summed E-state index contributed by atoms with van der Waals surface area (Å²) in [6.07, 6.45) is -9.26. The summed E-state index contributed by atoms with van der Waals surface area (Å²) in [5, 5.41) is 0. The molecule has 7 heteroatoms. The standard InChI is InChI=1S/C9H15F5N2/c1-2-15-3-4-16(5-15)7(9(13)14)6(10)8(11)12/h6-9H,2-5H2,1H3. The number of likely N-dealkylation sites (N-methyl/N-ethyl adjacent to an activating group) is 1. The highest BCUT2D eigenvalue weighted by molar-refractivity contribution is 4.86. The van der Waals surface area contributed by atoms with Crippen molar-refractivity contribution >= 4 is 0 Å². The molecule has 1 heterocycles. The maximum atomic E-state index is 13.0. The van der Waals surface area contributed by atoms with Crippen LogP contribution in [0.3, 0.4) is 0 Å². The van der Waals surface area contributed by atoms with Crippen LogP contribution in [0.2, 0.25) is 0 Å². The van der Waals surface area contributed by atoms with Gasteiger partial charge in [0.1, 0.15) is 6.04 Å². The summed E-state index contributed by atoms with van der Waals surface area (Å²) < 4.78 is 62.4. The number of rotatable bonds is 5. The first-order valence-corrected chi connectivity index (χ1v) is 5.14. The first kappa shape index (κ1) is 13.6. The first-order chi connectivity index (χ1) is 7.47. The van der Waals surface area contributed by atoms with E-state index < -0.39 is 25.1 Å². The van der Waals surface area contributed by atoms with Gasteiger partial charge in [-0.25, -0.2) is 22.0 Å². The van der Waals surface area contributed by atoms with E-state index in [0.29, 0.717) is 13.1 Å². The van der Waals surface area contributed by atoms with Gasteiger partial charge < -0.3 is 0 Å². The molecule has 0 aliphatic carbocycles. The lowest BCUT2D eigenvalue weighted by Crippen LogP contribution is -2.48. The number of hydrogen-bond donors (Lipinski definition) is 0. The van der Waals surface area contributed by atoms with Gasteiger partial charge in [0.2, 0.25) is 0 Å². The van der Waals surface area contributed by atoms with Crippen molar-refractivity contribution in [2.75, 3.05) is 26.3 Å². The number of halogens is 5. The van der Waals surface area contributed by atoms with E-state index in [1.807, 2.05) is 6.92 Å². The topological polar surface area (TPSA) is 6.48 Å². The molecule has 0 aromatic heterocycles. The lowest BCUT2D eigenvalue weighted by atomic mass is 10.1. The minimum atomic E-state index is -3.37. The fourth-order valence-electron chi connectivity index (χ4n) is 1.82. The molecule has 2 unspecified atom stereocenters. The maximum Gasteiger partial charge on any atom is 0.271 e. The average Bonchev–Trinajstić information content (AvgIpc) is 2.65. The summed E-state index contributed by atoms with van der Waals surface area (Å²) in [6.45, 7) is 3.31. The van der Waals surface area contributed by atoms with Crippen LogP contribution < -0.4 is 0 Å². The lowest BCUT2D eigenvalue weighted by Gasteiger charge is -2.29. The Labute approximate surface area is 91.0 Å². The molecule has 0 radical (unpaired) electrons. The third-order valence-corrected chi connectivity index (χ3v) is 2.78. The van der Waals surface area contributed by atoms with Gasteiger partial charge in [-0.3, -0.25) is 9.80 Å². The van der Waals surface area contributed by atoms with Crippen molar-refractivity contribution in [3.8, 4) is 0 Å². The average molecular weight is 246 g/mol. The normalized spacial score (nSPS) is 23.2. The van der Waals surface area contributed by atoms with E-state index in [0.717, 1.165) is 4.90 Å². The van der Waals surface area contributed by atoms with Gasteiger partial charge in [0.25, 0.3) is 12.9 Å². The number of alkyl halides is 5. The van der Waals surface area contributed by atoms with Crippen LogP contribution in [-0.2, 0) is 0 Å². The largest absolute Gasteiger partial charge is 0.289 e. The van der Waals surface area contributed by atoms with Crippen LogP contribution >= 0.6 is 0 Å². The Morgan fingerprint density at radius 1 is 1.00 bits per heavy atom. The second-order valence-corrected chi connectivity index (χ2v) is 3.77. The van der Waals surface area contributed by atoms with E-state index in [2.05, 4.69) is 0 Å². The van der Waals surface area contributed by atoms with Crippen molar-refractivity contribution in [2.24, 2.45) is 0 Å². The van der Waals surface area contributed by atoms with Gasteiger partial charge in [0, 0.05) is 13.1 Å². The van der Waals surface area contributed by atoms with Gasteiger partial charge in [0.05, 0.1) is 6.67 Å². The zero-order valence-electron chi connectivity index (χ0n) is 8.92. The molecule has 16 heavy (non-hydrogen) atoms. The molecule has 1 aliphatic heterocycles. The Bertz CT molecular complexity index is 214. The van der Waals surface area contributed by atoms with Gasteiger partial charge in [-0.15, -0.1) is 0 Å². The molecule has 0 amide bonds. The summed E-state index contributed by atoms with van der Waals surface area (Å²) in [5.41, 5.74) is 0. The highest BCUT2D eigenvalue weighted by Gasteiger charge is 2.42. The monoisotopic (exact) mass is 246 g/mol. The maximum absolute atomic E-state index is 13.0. The minimum Gasteiger partial charge on any atom is -0.289 e. The molecule has 0 aromatic rings. The van der Waals surface area contributed by atoms with Crippen LogP contribution in [0.1, 0.15) is 6.92 Å². The van der Waals surface area contributed by atoms with E-state index in [9.17, 15) is 22.0 Å². The molecular weight excluding hydrogens is 231 g/mol. The molecule has 96 valence electrons. The fourth-order valence-corrected chi connectivity index (χ4v) is 1.82. The summed E-state index contributed by atoms with van der Waals surface area (Å²) in [7, 11) is 0. The molecule has 0 saturated carbocycles. The molecule has 0 N–H and O–H groups in total. The van der Waals surface area contributed by atoms with E-state index in [4.69, 9.17) is 0 Å². The Morgan fingerprint density at radius 3 is 2.00 bits per heavy atom. The van der Waals surface area contributed by atoms with Crippen molar-refractivity contribution < 1.29 is 22.0 Å². The smallest absolute Gasteiger partial charge is 0.271 e. The SMILES string of the molecule is CCN1CCN(C(C(F)F)C(F)C(F)F)C1. The molecular formula is C9H15F5N2. The molecule has 2 atom stereocenters. The fraction of sp³-hybridized carbons (Fsp3) is 1.00. The van der Waals surface area contributed by atoms with Crippen molar-refractivity contribution in [1.29, 1.82) is 0 Å². The van der Waals surface area contributed by atoms with Crippen LogP contribution in [-0.4, -0.2) is 61.2 Å². The molecule has 0 bridgehead atoms. The van der Waals surface area contributed by atoms with Gasteiger partial charge >= 0.3 is 0 Å². The van der Waals surface area contributed by atoms with E-state index >= 15 is 0 Å². The Morgan fingerprint density at radius 2 is 1.62 bits per heavy atom. The van der Waals surface area contributed by atoms with Gasteiger partial charge in [0.15, 0.2) is 6.17 Å². The van der Waals surface area contributed by atoms with Crippen molar-refractivity contribution in [3.63, 3.8) is 0 Å². The molecule has 1 rings (SSSR count). The Hall–Kier alpha value is -0.430. The second-order valence-electron chi connectivity index (χ2n) is 3.77. The summed E-state index contributed by atoms with van der Waals surface area (Å²) in [6, 6.07) is -2.00. The van der Waals surface area contributed by atoms with E-state index in [-0.39, 0.29) is 13.2 Å².